The van der Waals surface area contributed by atoms with E-state index in [1.54, 1.807) is 12.1 Å². The molecule has 0 aromatic heterocycles. The van der Waals surface area contributed by atoms with Crippen LogP contribution in [0.1, 0.15) is 29.0 Å². The molecule has 0 fully saturated rings. The van der Waals surface area contributed by atoms with Gasteiger partial charge in [-0.25, -0.2) is 4.79 Å². The van der Waals surface area contributed by atoms with E-state index in [0.29, 0.717) is 5.69 Å². The molecule has 0 spiro atoms. The summed E-state index contributed by atoms with van der Waals surface area (Å²) in [7, 11) is 0. The van der Waals surface area contributed by atoms with Gasteiger partial charge in [-0.05, 0) is 22.8 Å². The first-order valence-electron chi connectivity index (χ1n) is 8.53. The molecule has 6 heteroatoms. The Morgan fingerprint density at radius 3 is 2.46 bits per heavy atom. The van der Waals surface area contributed by atoms with Crippen molar-refractivity contribution in [3.05, 3.63) is 65.2 Å². The molecule has 26 heavy (non-hydrogen) atoms. The molecule has 2 aliphatic heterocycles. The van der Waals surface area contributed by atoms with E-state index in [9.17, 15) is 19.5 Å². The summed E-state index contributed by atoms with van der Waals surface area (Å²) in [4.78, 5) is 38.5. The van der Waals surface area contributed by atoms with Crippen molar-refractivity contribution in [1.82, 2.24) is 4.90 Å². The van der Waals surface area contributed by atoms with Crippen LogP contribution in [0.5, 0.6) is 0 Å². The summed E-state index contributed by atoms with van der Waals surface area (Å²) in [5, 5.41) is 12.4. The Morgan fingerprint density at radius 1 is 1.00 bits per heavy atom. The quantitative estimate of drug-likeness (QED) is 0.869. The van der Waals surface area contributed by atoms with Gasteiger partial charge in [-0.3, -0.25) is 9.59 Å². The Hall–Kier alpha value is -3.15. The van der Waals surface area contributed by atoms with E-state index < -0.39 is 17.9 Å². The van der Waals surface area contributed by atoms with Crippen LogP contribution in [0.3, 0.4) is 0 Å². The van der Waals surface area contributed by atoms with Crippen molar-refractivity contribution in [2.75, 3.05) is 5.32 Å². The smallest absolute Gasteiger partial charge is 0.326 e. The number of carbonyl (C=O) groups is 3. The number of benzene rings is 2. The van der Waals surface area contributed by atoms with Crippen molar-refractivity contribution < 1.29 is 19.5 Å². The van der Waals surface area contributed by atoms with Crippen molar-refractivity contribution in [2.45, 2.75) is 31.3 Å². The number of carboxylic acids is 1. The average Bonchev–Trinajstić information content (AvgIpc) is 2.65. The summed E-state index contributed by atoms with van der Waals surface area (Å²) in [5.41, 5.74) is 3.25. The second kappa shape index (κ2) is 6.29. The van der Waals surface area contributed by atoms with Crippen LogP contribution in [0.25, 0.3) is 0 Å². The highest BCUT2D eigenvalue weighted by Gasteiger charge is 2.40. The molecule has 0 radical (unpaired) electrons. The van der Waals surface area contributed by atoms with E-state index in [0.717, 1.165) is 16.7 Å². The topological polar surface area (TPSA) is 86.7 Å². The number of rotatable bonds is 2. The van der Waals surface area contributed by atoms with Crippen molar-refractivity contribution in [3.8, 4) is 0 Å². The van der Waals surface area contributed by atoms with Crippen LogP contribution in [0.15, 0.2) is 48.5 Å². The first kappa shape index (κ1) is 16.3. The molecular weight excluding hydrogens is 332 g/mol. The minimum Gasteiger partial charge on any atom is -0.480 e. The van der Waals surface area contributed by atoms with E-state index in [-0.39, 0.29) is 31.2 Å². The largest absolute Gasteiger partial charge is 0.480 e. The molecule has 2 atom stereocenters. The normalized spacial score (nSPS) is 21.4. The third kappa shape index (κ3) is 2.73. The number of aliphatic carboxylic acids is 1. The van der Waals surface area contributed by atoms with E-state index in [4.69, 9.17) is 0 Å². The van der Waals surface area contributed by atoms with E-state index in [1.807, 2.05) is 36.4 Å². The predicted molar refractivity (Wildman–Crippen MR) is 94.5 cm³/mol. The number of carbonyl (C=O) groups excluding carboxylic acids is 2. The number of para-hydroxylation sites is 1. The molecule has 0 unspecified atom stereocenters. The summed E-state index contributed by atoms with van der Waals surface area (Å²) < 4.78 is 0. The highest BCUT2D eigenvalue weighted by Crippen LogP contribution is 2.35. The van der Waals surface area contributed by atoms with Gasteiger partial charge in [0.1, 0.15) is 6.04 Å². The monoisotopic (exact) mass is 350 g/mol. The van der Waals surface area contributed by atoms with Gasteiger partial charge >= 0.3 is 5.97 Å². The predicted octanol–water partition coefficient (Wildman–Crippen LogP) is 2.15. The molecule has 0 saturated heterocycles. The number of nitrogens with one attached hydrogen (secondary N) is 1. The van der Waals surface area contributed by atoms with Crippen LogP contribution in [-0.4, -0.2) is 33.8 Å². The average molecular weight is 350 g/mol. The third-order valence-corrected chi connectivity index (χ3v) is 5.11. The van der Waals surface area contributed by atoms with Gasteiger partial charge in [-0.2, -0.15) is 0 Å². The molecule has 4 rings (SSSR count). The summed E-state index contributed by atoms with van der Waals surface area (Å²) in [6.45, 7) is 0.242. The third-order valence-electron chi connectivity index (χ3n) is 5.11. The van der Waals surface area contributed by atoms with Crippen molar-refractivity contribution in [3.63, 3.8) is 0 Å². The molecule has 6 nitrogen and oxygen atoms in total. The molecule has 0 bridgehead atoms. The minimum absolute atomic E-state index is 0.0281. The Morgan fingerprint density at radius 2 is 1.69 bits per heavy atom. The van der Waals surface area contributed by atoms with Gasteiger partial charge in [-0.1, -0.05) is 42.5 Å². The fourth-order valence-electron chi connectivity index (χ4n) is 3.81. The molecule has 2 heterocycles. The summed E-state index contributed by atoms with van der Waals surface area (Å²) in [6, 6.07) is 13.8. The number of hydrogen-bond acceptors (Lipinski definition) is 3. The minimum atomic E-state index is -1.03. The molecule has 2 aliphatic rings. The highest BCUT2D eigenvalue weighted by molar-refractivity contribution is 6.01. The molecule has 2 amide bonds. The van der Waals surface area contributed by atoms with Gasteiger partial charge < -0.3 is 15.3 Å². The summed E-state index contributed by atoms with van der Waals surface area (Å²) in [5.74, 6) is -2.23. The van der Waals surface area contributed by atoms with E-state index >= 15 is 0 Å². The van der Waals surface area contributed by atoms with Gasteiger partial charge in [-0.15, -0.1) is 0 Å². The van der Waals surface area contributed by atoms with Crippen molar-refractivity contribution in [1.29, 1.82) is 0 Å². The zero-order chi connectivity index (χ0) is 18.3. The number of fused-ring (bicyclic) bond motifs is 2. The van der Waals surface area contributed by atoms with E-state index in [1.165, 1.54) is 4.90 Å². The first-order chi connectivity index (χ1) is 12.5. The van der Waals surface area contributed by atoms with Crippen LogP contribution in [0.4, 0.5) is 5.69 Å². The maximum absolute atomic E-state index is 13.3. The van der Waals surface area contributed by atoms with Gasteiger partial charge in [0.2, 0.25) is 11.8 Å². The number of hydrogen-bond donors (Lipinski definition) is 2. The lowest BCUT2D eigenvalue weighted by molar-refractivity contribution is -0.152. The fraction of sp³-hybridized carbons (Fsp3) is 0.250. The van der Waals surface area contributed by atoms with Crippen molar-refractivity contribution >= 4 is 23.5 Å². The highest BCUT2D eigenvalue weighted by atomic mass is 16.4. The lowest BCUT2D eigenvalue weighted by atomic mass is 9.87. The van der Waals surface area contributed by atoms with Crippen LogP contribution >= 0.6 is 0 Å². The molecule has 2 N–H and O–H groups in total. The molecule has 2 aromatic rings. The second-order valence-electron chi connectivity index (χ2n) is 6.69. The summed E-state index contributed by atoms with van der Waals surface area (Å²) >= 11 is 0. The second-order valence-corrected chi connectivity index (χ2v) is 6.69. The fourth-order valence-corrected chi connectivity index (χ4v) is 3.81. The van der Waals surface area contributed by atoms with Gasteiger partial charge in [0, 0.05) is 25.1 Å². The Balaban J connectivity index is 1.71. The molecule has 0 saturated carbocycles. The standard InChI is InChI=1S/C20H18N2O4/c23-18-10-15(14-7-3-4-8-16(14)21-18)19(24)22-11-13-6-2-1-5-12(13)9-17(22)20(25)26/h1-8,15,17H,9-11H2,(H,21,23)(H,25,26)/t15-,17-/m0/s1. The molecular formula is C20H18N2O4. The zero-order valence-corrected chi connectivity index (χ0v) is 14.0. The molecule has 2 aromatic carbocycles. The van der Waals surface area contributed by atoms with Gasteiger partial charge in [0.25, 0.3) is 0 Å². The number of carboxylic acid groups (broad SMARTS) is 1. The van der Waals surface area contributed by atoms with E-state index in [2.05, 4.69) is 5.32 Å². The van der Waals surface area contributed by atoms with Gasteiger partial charge in [0.15, 0.2) is 0 Å². The molecule has 132 valence electrons. The number of nitrogens with zero attached hydrogens (tertiary/aromatic N) is 1. The molecule has 0 aliphatic carbocycles. The van der Waals surface area contributed by atoms with Crippen LogP contribution in [-0.2, 0) is 27.3 Å². The Labute approximate surface area is 150 Å². The zero-order valence-electron chi connectivity index (χ0n) is 14.0. The van der Waals surface area contributed by atoms with Crippen LogP contribution in [0, 0.1) is 0 Å². The van der Waals surface area contributed by atoms with Crippen molar-refractivity contribution in [2.24, 2.45) is 0 Å². The summed E-state index contributed by atoms with van der Waals surface area (Å²) in [6.07, 6.45) is 0.304. The van der Waals surface area contributed by atoms with Crippen LogP contribution < -0.4 is 5.32 Å². The maximum Gasteiger partial charge on any atom is 0.326 e. The van der Waals surface area contributed by atoms with Crippen LogP contribution in [0.2, 0.25) is 0 Å². The lowest BCUT2D eigenvalue weighted by Crippen LogP contribution is -2.51. The van der Waals surface area contributed by atoms with Gasteiger partial charge in [0.05, 0.1) is 5.92 Å². The lowest BCUT2D eigenvalue weighted by Gasteiger charge is -2.37. The Bertz CT molecular complexity index is 908. The maximum atomic E-state index is 13.3. The number of anilines is 1. The number of amides is 2. The first-order valence-corrected chi connectivity index (χ1v) is 8.53. The SMILES string of the molecule is O=C1C[C@H](C(=O)N2Cc3ccccc3C[C@H]2C(=O)O)c2ccccc2N1. The Kier molecular flexibility index (Phi) is 3.95.